The Hall–Kier alpha value is -0.890. The molecule has 0 spiro atoms. The van der Waals surface area contributed by atoms with Crippen molar-refractivity contribution in [3.05, 3.63) is 45.7 Å². The Morgan fingerprint density at radius 2 is 2.00 bits per heavy atom. The van der Waals surface area contributed by atoms with Crippen LogP contribution < -0.4 is 5.73 Å². The fraction of sp³-hybridized carbons (Fsp3) is 0.286. The summed E-state index contributed by atoms with van der Waals surface area (Å²) in [6.45, 7) is 2.70. The molecule has 2 rings (SSSR count). The van der Waals surface area contributed by atoms with Gasteiger partial charge in [0.15, 0.2) is 0 Å². The first-order chi connectivity index (χ1) is 9.96. The molecule has 1 heterocycles. The second-order valence-corrected chi connectivity index (χ2v) is 8.50. The maximum absolute atomic E-state index is 12.8. The molecule has 7 heteroatoms. The summed E-state index contributed by atoms with van der Waals surface area (Å²) in [5.41, 5.74) is 7.36. The third kappa shape index (κ3) is 3.66. The summed E-state index contributed by atoms with van der Waals surface area (Å²) in [5, 5.41) is 1.76. The Balaban J connectivity index is 2.35. The average Bonchev–Trinajstić information content (AvgIpc) is 2.87. The highest BCUT2D eigenvalue weighted by Crippen LogP contribution is 2.31. The topological polar surface area (TPSA) is 63.4 Å². The van der Waals surface area contributed by atoms with E-state index in [4.69, 9.17) is 5.73 Å². The molecule has 114 valence electrons. The summed E-state index contributed by atoms with van der Waals surface area (Å²) >= 11 is 4.52. The van der Waals surface area contributed by atoms with E-state index in [1.54, 1.807) is 17.5 Å². The van der Waals surface area contributed by atoms with E-state index in [0.29, 0.717) is 20.9 Å². The van der Waals surface area contributed by atoms with Crippen LogP contribution in [0.3, 0.4) is 0 Å². The molecule has 1 aromatic heterocycles. The van der Waals surface area contributed by atoms with Crippen LogP contribution in [0.15, 0.2) is 44.4 Å². The Labute approximate surface area is 137 Å². The molecule has 2 N–H and O–H groups in total. The molecule has 4 nitrogen and oxygen atoms in total. The molecule has 1 aromatic carbocycles. The van der Waals surface area contributed by atoms with Crippen LogP contribution in [-0.2, 0) is 16.6 Å². The van der Waals surface area contributed by atoms with Gasteiger partial charge in [0.25, 0.3) is 10.0 Å². The highest BCUT2D eigenvalue weighted by molar-refractivity contribution is 9.10. The Morgan fingerprint density at radius 3 is 2.57 bits per heavy atom. The first-order valence-corrected chi connectivity index (χ1v) is 9.64. The van der Waals surface area contributed by atoms with Crippen molar-refractivity contribution in [2.45, 2.75) is 24.1 Å². The van der Waals surface area contributed by atoms with Crippen molar-refractivity contribution in [1.82, 2.24) is 4.31 Å². The molecule has 0 unspecified atom stereocenters. The van der Waals surface area contributed by atoms with E-state index in [0.717, 1.165) is 12.0 Å². The van der Waals surface area contributed by atoms with Crippen LogP contribution in [0.5, 0.6) is 0 Å². The second kappa shape index (κ2) is 6.91. The van der Waals surface area contributed by atoms with E-state index >= 15 is 0 Å². The molecule has 0 atom stereocenters. The molecule has 0 saturated heterocycles. The monoisotopic (exact) mass is 388 g/mol. The van der Waals surface area contributed by atoms with E-state index in [9.17, 15) is 8.42 Å². The Morgan fingerprint density at radius 1 is 1.29 bits per heavy atom. The predicted molar refractivity (Wildman–Crippen MR) is 90.8 cm³/mol. The lowest BCUT2D eigenvalue weighted by atomic mass is 10.2. The zero-order valence-electron chi connectivity index (χ0n) is 11.6. The van der Waals surface area contributed by atoms with Crippen LogP contribution in [0, 0.1) is 0 Å². The first kappa shape index (κ1) is 16.5. The average molecular weight is 389 g/mol. The zero-order valence-corrected chi connectivity index (χ0v) is 14.8. The van der Waals surface area contributed by atoms with E-state index in [1.807, 2.05) is 25.1 Å². The van der Waals surface area contributed by atoms with E-state index in [1.165, 1.54) is 15.6 Å². The molecule has 0 aliphatic carbocycles. The highest BCUT2D eigenvalue weighted by atomic mass is 79.9. The van der Waals surface area contributed by atoms with Crippen molar-refractivity contribution < 1.29 is 8.42 Å². The molecule has 0 radical (unpaired) electrons. The van der Waals surface area contributed by atoms with Gasteiger partial charge in [0, 0.05) is 23.2 Å². The molecular formula is C14H17BrN2O2S2. The lowest BCUT2D eigenvalue weighted by Gasteiger charge is -2.22. The van der Waals surface area contributed by atoms with Gasteiger partial charge >= 0.3 is 0 Å². The standard InChI is InChI=1S/C14H17BrN2O2S2/c1-2-8-17(10-11-5-3-4-6-13(11)16)21(18,19)14-12(15)7-9-20-14/h3-7,9H,2,8,10,16H2,1H3. The first-order valence-electron chi connectivity index (χ1n) is 6.53. The molecule has 0 aliphatic rings. The highest BCUT2D eigenvalue weighted by Gasteiger charge is 2.27. The van der Waals surface area contributed by atoms with Crippen LogP contribution in [0.25, 0.3) is 0 Å². The zero-order chi connectivity index (χ0) is 15.5. The normalized spacial score (nSPS) is 12.0. The largest absolute Gasteiger partial charge is 0.398 e. The van der Waals surface area contributed by atoms with Crippen molar-refractivity contribution >= 4 is 43.0 Å². The van der Waals surface area contributed by atoms with Gasteiger partial charge in [0.05, 0.1) is 0 Å². The van der Waals surface area contributed by atoms with Gasteiger partial charge in [-0.05, 0) is 45.4 Å². The molecule has 0 saturated carbocycles. The minimum absolute atomic E-state index is 0.285. The third-order valence-corrected chi connectivity index (χ3v) is 7.53. The van der Waals surface area contributed by atoms with Gasteiger partial charge in [-0.2, -0.15) is 4.31 Å². The second-order valence-electron chi connectivity index (χ2n) is 4.59. The lowest BCUT2D eigenvalue weighted by molar-refractivity contribution is 0.407. The number of benzene rings is 1. The van der Waals surface area contributed by atoms with Gasteiger partial charge in [0.2, 0.25) is 0 Å². The van der Waals surface area contributed by atoms with Gasteiger partial charge in [-0.1, -0.05) is 25.1 Å². The predicted octanol–water partition coefficient (Wildman–Crippen LogP) is 3.69. The SMILES string of the molecule is CCCN(Cc1ccccc1N)S(=O)(=O)c1sccc1Br. The van der Waals surface area contributed by atoms with E-state index in [2.05, 4.69) is 15.9 Å². The molecule has 2 aromatic rings. The Bertz CT molecular complexity index is 713. The van der Waals surface area contributed by atoms with Crippen LogP contribution in [0.1, 0.15) is 18.9 Å². The van der Waals surface area contributed by atoms with E-state index < -0.39 is 10.0 Å². The quantitative estimate of drug-likeness (QED) is 0.767. The summed E-state index contributed by atoms with van der Waals surface area (Å²) in [5.74, 6) is 0. The number of nitrogens with two attached hydrogens (primary N) is 1. The molecule has 0 amide bonds. The van der Waals surface area contributed by atoms with Gasteiger partial charge in [0.1, 0.15) is 4.21 Å². The maximum atomic E-state index is 12.8. The van der Waals surface area contributed by atoms with Crippen LogP contribution in [0.2, 0.25) is 0 Å². The molecule has 21 heavy (non-hydrogen) atoms. The van der Waals surface area contributed by atoms with Gasteiger partial charge < -0.3 is 5.73 Å². The minimum atomic E-state index is -3.52. The molecule has 0 fully saturated rings. The van der Waals surface area contributed by atoms with Crippen molar-refractivity contribution in [2.75, 3.05) is 12.3 Å². The number of anilines is 1. The summed E-state index contributed by atoms with van der Waals surface area (Å²) < 4.78 is 28.0. The summed E-state index contributed by atoms with van der Waals surface area (Å²) in [4.78, 5) is 0. The number of halogens is 1. The number of hydrogen-bond donors (Lipinski definition) is 1. The summed E-state index contributed by atoms with van der Waals surface area (Å²) in [7, 11) is -3.52. The van der Waals surface area contributed by atoms with Gasteiger partial charge in [-0.25, -0.2) is 8.42 Å². The summed E-state index contributed by atoms with van der Waals surface area (Å²) in [6.07, 6.45) is 0.745. The van der Waals surface area contributed by atoms with Gasteiger partial charge in [-0.3, -0.25) is 0 Å². The number of para-hydroxylation sites is 1. The van der Waals surface area contributed by atoms with E-state index in [-0.39, 0.29) is 6.54 Å². The van der Waals surface area contributed by atoms with Crippen molar-refractivity contribution in [3.8, 4) is 0 Å². The van der Waals surface area contributed by atoms with Crippen molar-refractivity contribution in [1.29, 1.82) is 0 Å². The molecular weight excluding hydrogens is 372 g/mol. The maximum Gasteiger partial charge on any atom is 0.254 e. The lowest BCUT2D eigenvalue weighted by Crippen LogP contribution is -2.31. The van der Waals surface area contributed by atoms with Crippen LogP contribution in [-0.4, -0.2) is 19.3 Å². The van der Waals surface area contributed by atoms with Crippen LogP contribution >= 0.6 is 27.3 Å². The van der Waals surface area contributed by atoms with Crippen LogP contribution in [0.4, 0.5) is 5.69 Å². The minimum Gasteiger partial charge on any atom is -0.398 e. The van der Waals surface area contributed by atoms with Crippen molar-refractivity contribution in [2.24, 2.45) is 0 Å². The fourth-order valence-corrected chi connectivity index (χ4v) is 5.94. The number of rotatable bonds is 6. The third-order valence-electron chi connectivity index (χ3n) is 3.03. The number of nitrogen functional groups attached to an aromatic ring is 1. The summed E-state index contributed by atoms with van der Waals surface area (Å²) in [6, 6.07) is 9.10. The Kier molecular flexibility index (Phi) is 5.43. The number of thiophene rings is 1. The number of nitrogens with zero attached hydrogens (tertiary/aromatic N) is 1. The number of hydrogen-bond acceptors (Lipinski definition) is 4. The van der Waals surface area contributed by atoms with Crippen molar-refractivity contribution in [3.63, 3.8) is 0 Å². The smallest absolute Gasteiger partial charge is 0.254 e. The van der Waals surface area contributed by atoms with Gasteiger partial charge in [-0.15, -0.1) is 11.3 Å². The fourth-order valence-electron chi connectivity index (χ4n) is 1.98. The molecule has 0 aliphatic heterocycles. The number of sulfonamides is 1. The molecule has 0 bridgehead atoms.